The minimum absolute atomic E-state index is 0.0283. The first kappa shape index (κ1) is 9.96. The van der Waals surface area contributed by atoms with E-state index in [0.717, 1.165) is 0 Å². The number of hydrogen-bond acceptors (Lipinski definition) is 4. The van der Waals surface area contributed by atoms with Crippen LogP contribution in [0.2, 0.25) is 0 Å². The Hall–Kier alpha value is -0.580. The molecule has 4 atom stereocenters. The van der Waals surface area contributed by atoms with Gasteiger partial charge in [-0.05, 0) is 6.92 Å². The highest BCUT2D eigenvalue weighted by atomic mass is 16.7. The van der Waals surface area contributed by atoms with Crippen LogP contribution in [-0.2, 0) is 18.9 Å². The van der Waals surface area contributed by atoms with Crippen molar-refractivity contribution < 1.29 is 18.9 Å². The Morgan fingerprint density at radius 2 is 2.21 bits per heavy atom. The summed E-state index contributed by atoms with van der Waals surface area (Å²) in [6, 6.07) is 0. The highest BCUT2D eigenvalue weighted by Crippen LogP contribution is 2.47. The van der Waals surface area contributed by atoms with Crippen molar-refractivity contribution in [2.24, 2.45) is 0 Å². The van der Waals surface area contributed by atoms with Crippen LogP contribution < -0.4 is 0 Å². The first-order valence-electron chi connectivity index (χ1n) is 4.71. The third kappa shape index (κ3) is 1.05. The Kier molecular flexibility index (Phi) is 2.29. The van der Waals surface area contributed by atoms with Gasteiger partial charge in [0.25, 0.3) is 0 Å². The molecule has 4 heteroatoms. The lowest BCUT2D eigenvalue weighted by Crippen LogP contribution is -2.44. The second-order valence-corrected chi connectivity index (χ2v) is 3.81. The van der Waals surface area contributed by atoms with Gasteiger partial charge in [0.15, 0.2) is 11.7 Å². The van der Waals surface area contributed by atoms with Crippen molar-refractivity contribution in [1.82, 2.24) is 0 Å². The zero-order valence-corrected chi connectivity index (χ0v) is 8.78. The fourth-order valence-electron chi connectivity index (χ4n) is 2.36. The van der Waals surface area contributed by atoms with E-state index in [4.69, 9.17) is 18.9 Å². The van der Waals surface area contributed by atoms with E-state index in [9.17, 15) is 0 Å². The molecular weight excluding hydrogens is 184 g/mol. The van der Waals surface area contributed by atoms with Crippen LogP contribution in [0.25, 0.3) is 0 Å². The summed E-state index contributed by atoms with van der Waals surface area (Å²) in [4.78, 5) is 0. The number of ether oxygens (including phenoxy) is 4. The van der Waals surface area contributed by atoms with Crippen LogP contribution in [0, 0.1) is 0 Å². The maximum absolute atomic E-state index is 5.83. The molecule has 2 bridgehead atoms. The monoisotopic (exact) mass is 200 g/mol. The standard InChI is InChI=1S/C10H16O4/c1-6-8-9(12-4)10(14-6,5-11-3)7(2)13-8/h6,8-9H,2,5H2,1,3-4H3/t6-,8-,9?,10-/m0/s1. The van der Waals surface area contributed by atoms with Gasteiger partial charge in [0.2, 0.25) is 0 Å². The molecule has 0 spiro atoms. The summed E-state index contributed by atoms with van der Waals surface area (Å²) in [6.45, 7) is 6.25. The summed E-state index contributed by atoms with van der Waals surface area (Å²) >= 11 is 0. The van der Waals surface area contributed by atoms with Crippen LogP contribution in [0.15, 0.2) is 12.3 Å². The van der Waals surface area contributed by atoms with E-state index in [1.54, 1.807) is 14.2 Å². The van der Waals surface area contributed by atoms with Crippen molar-refractivity contribution >= 4 is 0 Å². The van der Waals surface area contributed by atoms with Crippen LogP contribution in [0.4, 0.5) is 0 Å². The summed E-state index contributed by atoms with van der Waals surface area (Å²) in [5.74, 6) is 0.620. The van der Waals surface area contributed by atoms with E-state index < -0.39 is 5.60 Å². The van der Waals surface area contributed by atoms with Crippen LogP contribution in [-0.4, -0.2) is 44.7 Å². The second-order valence-electron chi connectivity index (χ2n) is 3.81. The molecule has 0 aliphatic carbocycles. The lowest BCUT2D eigenvalue weighted by atomic mass is 9.97. The van der Waals surface area contributed by atoms with Crippen molar-refractivity contribution in [2.75, 3.05) is 20.8 Å². The highest BCUT2D eigenvalue weighted by molar-refractivity contribution is 5.24. The van der Waals surface area contributed by atoms with Crippen molar-refractivity contribution in [3.63, 3.8) is 0 Å². The molecule has 0 amide bonds. The van der Waals surface area contributed by atoms with Crippen LogP contribution in [0.5, 0.6) is 0 Å². The Morgan fingerprint density at radius 1 is 1.50 bits per heavy atom. The van der Waals surface area contributed by atoms with Crippen molar-refractivity contribution in [2.45, 2.75) is 30.8 Å². The van der Waals surface area contributed by atoms with E-state index in [1.807, 2.05) is 6.92 Å². The summed E-state index contributed by atoms with van der Waals surface area (Å²) in [6.07, 6.45) is -0.131. The Balaban J connectivity index is 2.29. The molecule has 0 radical (unpaired) electrons. The quantitative estimate of drug-likeness (QED) is 0.672. The van der Waals surface area contributed by atoms with Gasteiger partial charge in [-0.1, -0.05) is 6.58 Å². The first-order valence-corrected chi connectivity index (χ1v) is 4.71. The first-order chi connectivity index (χ1) is 6.65. The molecule has 2 saturated heterocycles. The van der Waals surface area contributed by atoms with Gasteiger partial charge in [0, 0.05) is 14.2 Å². The van der Waals surface area contributed by atoms with E-state index in [0.29, 0.717) is 12.4 Å². The SMILES string of the molecule is C=C1O[C@@H]2C(OC)[C@@]1(COC)O[C@H]2C. The minimum atomic E-state index is -0.604. The van der Waals surface area contributed by atoms with Crippen LogP contribution in [0.1, 0.15) is 6.92 Å². The molecule has 0 aromatic rings. The second kappa shape index (κ2) is 3.22. The number of methoxy groups -OCH3 is 2. The topological polar surface area (TPSA) is 36.9 Å². The molecule has 0 aromatic carbocycles. The lowest BCUT2D eigenvalue weighted by molar-refractivity contribution is -0.126. The normalized spacial score (nSPS) is 45.6. The molecule has 0 N–H and O–H groups in total. The van der Waals surface area contributed by atoms with E-state index in [1.165, 1.54) is 0 Å². The van der Waals surface area contributed by atoms with Gasteiger partial charge < -0.3 is 18.9 Å². The van der Waals surface area contributed by atoms with E-state index in [-0.39, 0.29) is 18.3 Å². The molecule has 0 saturated carbocycles. The summed E-state index contributed by atoms with van der Waals surface area (Å²) in [7, 11) is 3.29. The van der Waals surface area contributed by atoms with Crippen molar-refractivity contribution in [3.8, 4) is 0 Å². The van der Waals surface area contributed by atoms with Gasteiger partial charge in [-0.25, -0.2) is 0 Å². The predicted octanol–water partition coefficient (Wildman–Crippen LogP) is 0.718. The van der Waals surface area contributed by atoms with Gasteiger partial charge in [-0.2, -0.15) is 0 Å². The van der Waals surface area contributed by atoms with Crippen LogP contribution in [0.3, 0.4) is 0 Å². The number of hydrogen-bond donors (Lipinski definition) is 0. The van der Waals surface area contributed by atoms with Crippen LogP contribution >= 0.6 is 0 Å². The van der Waals surface area contributed by atoms with Crippen molar-refractivity contribution in [1.29, 1.82) is 0 Å². The summed E-state index contributed by atoms with van der Waals surface area (Å²) in [5.41, 5.74) is -0.604. The summed E-state index contributed by atoms with van der Waals surface area (Å²) < 4.78 is 22.0. The maximum atomic E-state index is 5.83. The van der Waals surface area contributed by atoms with Gasteiger partial charge in [0.1, 0.15) is 11.9 Å². The van der Waals surface area contributed by atoms with Gasteiger partial charge in [0.05, 0.1) is 12.7 Å². The van der Waals surface area contributed by atoms with E-state index in [2.05, 4.69) is 6.58 Å². The van der Waals surface area contributed by atoms with Gasteiger partial charge in [-0.15, -0.1) is 0 Å². The fourth-order valence-corrected chi connectivity index (χ4v) is 2.36. The maximum Gasteiger partial charge on any atom is 0.177 e. The lowest BCUT2D eigenvalue weighted by Gasteiger charge is -2.30. The Labute approximate surface area is 83.8 Å². The molecular formula is C10H16O4. The molecule has 14 heavy (non-hydrogen) atoms. The third-order valence-electron chi connectivity index (χ3n) is 2.98. The summed E-state index contributed by atoms with van der Waals surface area (Å²) in [5, 5.41) is 0. The number of fused-ring (bicyclic) bond motifs is 2. The fraction of sp³-hybridized carbons (Fsp3) is 0.800. The minimum Gasteiger partial charge on any atom is -0.487 e. The molecule has 2 aliphatic rings. The molecule has 80 valence electrons. The van der Waals surface area contributed by atoms with Crippen molar-refractivity contribution in [3.05, 3.63) is 12.3 Å². The van der Waals surface area contributed by atoms with E-state index >= 15 is 0 Å². The van der Waals surface area contributed by atoms with Gasteiger partial charge in [-0.3, -0.25) is 0 Å². The smallest absolute Gasteiger partial charge is 0.177 e. The average molecular weight is 200 g/mol. The molecule has 2 heterocycles. The molecule has 0 aromatic heterocycles. The zero-order chi connectivity index (χ0) is 10.3. The molecule has 2 fully saturated rings. The predicted molar refractivity (Wildman–Crippen MR) is 50.0 cm³/mol. The van der Waals surface area contributed by atoms with Gasteiger partial charge >= 0.3 is 0 Å². The largest absolute Gasteiger partial charge is 0.487 e. The molecule has 2 aliphatic heterocycles. The Morgan fingerprint density at radius 3 is 2.79 bits per heavy atom. The zero-order valence-electron chi connectivity index (χ0n) is 8.78. The highest BCUT2D eigenvalue weighted by Gasteiger charge is 2.64. The molecule has 2 rings (SSSR count). The third-order valence-corrected chi connectivity index (χ3v) is 2.98. The molecule has 4 nitrogen and oxygen atoms in total. The average Bonchev–Trinajstić information content (AvgIpc) is 2.54. The number of rotatable bonds is 3. The molecule has 1 unspecified atom stereocenters. The Bertz CT molecular complexity index is 253.